The molecule has 0 aliphatic carbocycles. The van der Waals surface area contributed by atoms with E-state index in [1.54, 1.807) is 19.1 Å². The van der Waals surface area contributed by atoms with Crippen molar-refractivity contribution in [3.63, 3.8) is 0 Å². The first-order chi connectivity index (χ1) is 11.4. The Morgan fingerprint density at radius 3 is 2.58 bits per heavy atom. The molecule has 1 aliphatic rings. The Balaban J connectivity index is 1.82. The van der Waals surface area contributed by atoms with Gasteiger partial charge in [-0.25, -0.2) is 0 Å². The number of esters is 1. The van der Waals surface area contributed by atoms with E-state index in [2.05, 4.69) is 0 Å². The second kappa shape index (κ2) is 7.91. The van der Waals surface area contributed by atoms with Gasteiger partial charge < -0.3 is 4.74 Å². The minimum atomic E-state index is -0.589. The van der Waals surface area contributed by atoms with Crippen LogP contribution in [0, 0.1) is 10.1 Å². The minimum Gasteiger partial charge on any atom is -0.455 e. The molecule has 1 aromatic carbocycles. The van der Waals surface area contributed by atoms with Gasteiger partial charge in [-0.2, -0.15) is 0 Å². The molecule has 1 fully saturated rings. The zero-order valence-electron chi connectivity index (χ0n) is 13.0. The second-order valence-electron chi connectivity index (χ2n) is 5.16. The van der Waals surface area contributed by atoms with E-state index in [1.165, 1.54) is 23.9 Å². The average molecular weight is 352 g/mol. The Hall–Kier alpha value is -2.42. The first kappa shape index (κ1) is 17.9. The van der Waals surface area contributed by atoms with Crippen molar-refractivity contribution in [3.05, 3.63) is 34.4 Å². The van der Waals surface area contributed by atoms with Crippen molar-refractivity contribution in [2.75, 3.05) is 13.2 Å². The summed E-state index contributed by atoms with van der Waals surface area (Å²) in [6.07, 6.45) is 0.969. The van der Waals surface area contributed by atoms with Gasteiger partial charge in [-0.1, -0.05) is 0 Å². The van der Waals surface area contributed by atoms with Crippen molar-refractivity contribution in [1.29, 1.82) is 0 Å². The number of carbonyl (C=O) groups excluding carboxylic acids is 3. The maximum Gasteiger partial charge on any atom is 0.319 e. The van der Waals surface area contributed by atoms with E-state index in [4.69, 9.17) is 4.74 Å². The van der Waals surface area contributed by atoms with Crippen LogP contribution in [0.2, 0.25) is 0 Å². The van der Waals surface area contributed by atoms with Crippen LogP contribution in [0.15, 0.2) is 29.2 Å². The number of nitro benzene ring substituents is 1. The van der Waals surface area contributed by atoms with Gasteiger partial charge in [0.2, 0.25) is 5.91 Å². The van der Waals surface area contributed by atoms with Gasteiger partial charge in [-0.3, -0.25) is 29.4 Å². The molecule has 0 unspecified atom stereocenters. The smallest absolute Gasteiger partial charge is 0.319 e. The molecule has 0 N–H and O–H groups in total. The number of ether oxygens (including phenoxy) is 1. The number of nitro groups is 1. The van der Waals surface area contributed by atoms with E-state index < -0.39 is 28.7 Å². The molecule has 128 valence electrons. The highest BCUT2D eigenvalue weighted by Gasteiger charge is 2.27. The Morgan fingerprint density at radius 1 is 1.38 bits per heavy atom. The third-order valence-electron chi connectivity index (χ3n) is 3.40. The topological polar surface area (TPSA) is 107 Å². The van der Waals surface area contributed by atoms with Crippen LogP contribution in [0.25, 0.3) is 0 Å². The molecule has 1 heterocycles. The summed E-state index contributed by atoms with van der Waals surface area (Å²) in [5.74, 6) is -1.35. The predicted molar refractivity (Wildman–Crippen MR) is 85.3 cm³/mol. The van der Waals surface area contributed by atoms with Gasteiger partial charge in [0, 0.05) is 30.0 Å². The molecule has 8 nitrogen and oxygen atoms in total. The van der Waals surface area contributed by atoms with E-state index in [0.717, 1.165) is 4.90 Å². The number of amides is 2. The van der Waals surface area contributed by atoms with E-state index in [-0.39, 0.29) is 11.6 Å². The van der Waals surface area contributed by atoms with Crippen molar-refractivity contribution in [3.8, 4) is 0 Å². The molecule has 2 rings (SSSR count). The predicted octanol–water partition coefficient (Wildman–Crippen LogP) is 1.77. The lowest BCUT2D eigenvalue weighted by Gasteiger charge is -2.15. The van der Waals surface area contributed by atoms with Gasteiger partial charge >= 0.3 is 5.97 Å². The summed E-state index contributed by atoms with van der Waals surface area (Å²) < 4.78 is 4.95. The quantitative estimate of drug-likeness (QED) is 0.332. The molecular formula is C15H16N2O6S. The Bertz CT molecular complexity index is 660. The van der Waals surface area contributed by atoms with Gasteiger partial charge in [-0.15, -0.1) is 11.8 Å². The maximum absolute atomic E-state index is 11.9. The van der Waals surface area contributed by atoms with E-state index in [9.17, 15) is 24.5 Å². The molecule has 24 heavy (non-hydrogen) atoms. The second-order valence-corrected chi connectivity index (χ2v) is 6.58. The third kappa shape index (κ3) is 4.54. The van der Waals surface area contributed by atoms with Crippen LogP contribution in [0.5, 0.6) is 0 Å². The number of thioether (sulfide) groups is 1. The molecular weight excluding hydrogens is 336 g/mol. The van der Waals surface area contributed by atoms with Crippen molar-refractivity contribution >= 4 is 35.2 Å². The van der Waals surface area contributed by atoms with Crippen molar-refractivity contribution in [2.45, 2.75) is 29.9 Å². The van der Waals surface area contributed by atoms with E-state index >= 15 is 0 Å². The first-order valence-corrected chi connectivity index (χ1v) is 8.17. The van der Waals surface area contributed by atoms with Crippen LogP contribution in [-0.4, -0.2) is 46.0 Å². The van der Waals surface area contributed by atoms with E-state index in [0.29, 0.717) is 24.3 Å². The van der Waals surface area contributed by atoms with Crippen LogP contribution < -0.4 is 0 Å². The fourth-order valence-electron chi connectivity index (χ4n) is 2.14. The molecule has 0 aromatic heterocycles. The van der Waals surface area contributed by atoms with E-state index in [1.807, 2.05) is 0 Å². The van der Waals surface area contributed by atoms with Crippen LogP contribution in [0.3, 0.4) is 0 Å². The van der Waals surface area contributed by atoms with Crippen LogP contribution >= 0.6 is 11.8 Å². The fraction of sp³-hybridized carbons (Fsp3) is 0.400. The monoisotopic (exact) mass is 352 g/mol. The largest absolute Gasteiger partial charge is 0.455 e. The first-order valence-electron chi connectivity index (χ1n) is 7.29. The molecule has 2 amide bonds. The molecule has 0 spiro atoms. The number of nitrogens with zero attached hydrogens (tertiary/aromatic N) is 2. The molecule has 0 saturated carbocycles. The standard InChI is InChI=1S/C15H16N2O6S/c1-10(24-12-6-4-11(5-7-12)17(21)22)15(20)23-9-14(19)16-8-2-3-13(16)18/h4-7,10H,2-3,8-9H2,1H3/t10-/m1/s1. The molecule has 0 radical (unpaired) electrons. The molecule has 1 aliphatic heterocycles. The van der Waals surface area contributed by atoms with Gasteiger partial charge in [0.15, 0.2) is 6.61 Å². The van der Waals surface area contributed by atoms with Crippen molar-refractivity contribution in [1.82, 2.24) is 4.90 Å². The Labute approximate surface area is 142 Å². The lowest BCUT2D eigenvalue weighted by Crippen LogP contribution is -2.36. The minimum absolute atomic E-state index is 0.0320. The van der Waals surface area contributed by atoms with Crippen molar-refractivity contribution in [2.24, 2.45) is 0 Å². The number of benzene rings is 1. The lowest BCUT2D eigenvalue weighted by molar-refractivity contribution is -0.384. The summed E-state index contributed by atoms with van der Waals surface area (Å²) >= 11 is 1.17. The molecule has 1 saturated heterocycles. The SMILES string of the molecule is C[C@@H](Sc1ccc([N+](=O)[O-])cc1)C(=O)OCC(=O)N1CCCC1=O. The average Bonchev–Trinajstić information content (AvgIpc) is 2.98. The number of hydrogen-bond acceptors (Lipinski definition) is 7. The maximum atomic E-state index is 11.9. The van der Waals surface area contributed by atoms with Gasteiger partial charge in [0.25, 0.3) is 11.6 Å². The number of rotatable bonds is 6. The molecule has 1 aromatic rings. The number of imide groups is 1. The number of hydrogen-bond donors (Lipinski definition) is 0. The van der Waals surface area contributed by atoms with Crippen molar-refractivity contribution < 1.29 is 24.0 Å². The highest BCUT2D eigenvalue weighted by molar-refractivity contribution is 8.00. The number of likely N-dealkylation sites (tertiary alicyclic amines) is 1. The van der Waals surface area contributed by atoms with Crippen LogP contribution in [-0.2, 0) is 19.1 Å². The van der Waals surface area contributed by atoms with Crippen LogP contribution in [0.4, 0.5) is 5.69 Å². The number of non-ortho nitro benzene ring substituents is 1. The zero-order chi connectivity index (χ0) is 17.7. The highest BCUT2D eigenvalue weighted by Crippen LogP contribution is 2.26. The summed E-state index contributed by atoms with van der Waals surface area (Å²) in [5.41, 5.74) is -0.0320. The van der Waals surface area contributed by atoms with Gasteiger partial charge in [0.1, 0.15) is 5.25 Å². The number of carbonyl (C=O) groups is 3. The molecule has 1 atom stereocenters. The van der Waals surface area contributed by atoms with Gasteiger partial charge in [0.05, 0.1) is 4.92 Å². The lowest BCUT2D eigenvalue weighted by atomic mass is 10.3. The zero-order valence-corrected chi connectivity index (χ0v) is 13.8. The summed E-state index contributed by atoms with van der Waals surface area (Å²) in [5, 5.41) is 10.00. The van der Waals surface area contributed by atoms with Gasteiger partial charge in [-0.05, 0) is 25.5 Å². The highest BCUT2D eigenvalue weighted by atomic mass is 32.2. The molecule has 9 heteroatoms. The Kier molecular flexibility index (Phi) is 5.91. The Morgan fingerprint density at radius 2 is 2.04 bits per heavy atom. The summed E-state index contributed by atoms with van der Waals surface area (Å²) in [6.45, 7) is 1.51. The summed E-state index contributed by atoms with van der Waals surface area (Å²) in [4.78, 5) is 47.0. The third-order valence-corrected chi connectivity index (χ3v) is 4.50. The van der Waals surface area contributed by atoms with Crippen LogP contribution in [0.1, 0.15) is 19.8 Å². The fourth-order valence-corrected chi connectivity index (χ4v) is 3.00. The normalized spacial score (nSPS) is 15.2. The summed E-state index contributed by atoms with van der Waals surface area (Å²) in [7, 11) is 0. The summed E-state index contributed by atoms with van der Waals surface area (Å²) in [6, 6.07) is 5.78. The molecule has 0 bridgehead atoms.